The minimum Gasteiger partial charge on any atom is -0.342 e. The molecule has 1 rings (SSSR count). The fraction of sp³-hybridized carbons (Fsp3) is 0.462. The summed E-state index contributed by atoms with van der Waals surface area (Å²) in [4.78, 5) is 13.1. The second-order valence-electron chi connectivity index (χ2n) is 4.30. The second kappa shape index (κ2) is 7.13. The quantitative estimate of drug-likeness (QED) is 0.639. The number of hydrogen-bond acceptors (Lipinski definition) is 2. The van der Waals surface area contributed by atoms with E-state index in [-0.39, 0.29) is 0 Å². The molecule has 6 heteroatoms. The highest BCUT2D eigenvalue weighted by molar-refractivity contribution is 5.94. The summed E-state index contributed by atoms with van der Waals surface area (Å²) in [6, 6.07) is 1.69. The van der Waals surface area contributed by atoms with Crippen LogP contribution in [0.5, 0.6) is 0 Å². The van der Waals surface area contributed by atoms with Crippen LogP contribution in [0.25, 0.3) is 0 Å². The van der Waals surface area contributed by atoms with Crippen LogP contribution in [0, 0.1) is 17.5 Å². The lowest BCUT2D eigenvalue weighted by atomic mass is 10.1. The maximum absolute atomic E-state index is 13.4. The summed E-state index contributed by atoms with van der Waals surface area (Å²) in [5.41, 5.74) is 4.88. The molecule has 1 aromatic rings. The van der Waals surface area contributed by atoms with Crippen LogP contribution in [0.3, 0.4) is 0 Å². The van der Waals surface area contributed by atoms with Gasteiger partial charge in [-0.1, -0.05) is 6.42 Å². The van der Waals surface area contributed by atoms with Crippen molar-refractivity contribution < 1.29 is 18.0 Å². The number of hydrogen-bond donors (Lipinski definition) is 1. The summed E-state index contributed by atoms with van der Waals surface area (Å²) >= 11 is 0. The molecule has 1 amide bonds. The summed E-state index contributed by atoms with van der Waals surface area (Å²) in [5, 5.41) is 0. The Morgan fingerprint density at radius 3 is 2.47 bits per heavy atom. The van der Waals surface area contributed by atoms with E-state index in [4.69, 9.17) is 5.73 Å². The van der Waals surface area contributed by atoms with Gasteiger partial charge in [0.05, 0.1) is 5.56 Å². The van der Waals surface area contributed by atoms with E-state index in [0.717, 1.165) is 31.4 Å². The van der Waals surface area contributed by atoms with Crippen molar-refractivity contribution in [2.45, 2.75) is 19.3 Å². The standard InChI is InChI=1S/C13H17F3N2O/c1-18(8-4-2-3-7-17)13(19)9-5-6-10(14)12(16)11(9)15/h5-6H,2-4,7-8,17H2,1H3. The van der Waals surface area contributed by atoms with Crippen LogP contribution >= 0.6 is 0 Å². The number of benzene rings is 1. The normalized spacial score (nSPS) is 10.6. The number of nitrogens with two attached hydrogens (primary N) is 1. The van der Waals surface area contributed by atoms with E-state index in [1.165, 1.54) is 11.9 Å². The fourth-order valence-corrected chi connectivity index (χ4v) is 1.67. The van der Waals surface area contributed by atoms with E-state index >= 15 is 0 Å². The molecule has 106 valence electrons. The van der Waals surface area contributed by atoms with Gasteiger partial charge < -0.3 is 10.6 Å². The van der Waals surface area contributed by atoms with Crippen molar-refractivity contribution in [3.8, 4) is 0 Å². The number of unbranched alkanes of at least 4 members (excludes halogenated alkanes) is 2. The molecule has 0 aliphatic heterocycles. The number of halogens is 3. The molecule has 0 aromatic heterocycles. The van der Waals surface area contributed by atoms with Crippen LogP contribution in [-0.4, -0.2) is 30.9 Å². The molecule has 0 aliphatic carbocycles. The minimum absolute atomic E-state index is 0.414. The molecule has 0 spiro atoms. The molecule has 0 aliphatic rings. The Hall–Kier alpha value is -1.56. The van der Waals surface area contributed by atoms with Crippen molar-refractivity contribution in [1.82, 2.24) is 4.90 Å². The lowest BCUT2D eigenvalue weighted by Crippen LogP contribution is -2.29. The van der Waals surface area contributed by atoms with Gasteiger partial charge in [0.2, 0.25) is 0 Å². The Bertz CT molecular complexity index is 452. The van der Waals surface area contributed by atoms with Crippen molar-refractivity contribution in [3.05, 3.63) is 35.1 Å². The van der Waals surface area contributed by atoms with Crippen molar-refractivity contribution in [2.24, 2.45) is 5.73 Å². The first-order chi connectivity index (χ1) is 8.99. The predicted octanol–water partition coefficient (Wildman–Crippen LogP) is 2.30. The van der Waals surface area contributed by atoms with E-state index in [9.17, 15) is 18.0 Å². The first-order valence-electron chi connectivity index (χ1n) is 6.08. The van der Waals surface area contributed by atoms with Crippen molar-refractivity contribution >= 4 is 5.91 Å². The van der Waals surface area contributed by atoms with Gasteiger partial charge in [-0.3, -0.25) is 4.79 Å². The van der Waals surface area contributed by atoms with E-state index in [2.05, 4.69) is 0 Å². The Morgan fingerprint density at radius 1 is 1.16 bits per heavy atom. The number of carbonyl (C=O) groups excluding carboxylic acids is 1. The molecular weight excluding hydrogens is 257 g/mol. The number of rotatable bonds is 6. The molecule has 2 N–H and O–H groups in total. The van der Waals surface area contributed by atoms with Gasteiger partial charge in [-0.25, -0.2) is 13.2 Å². The van der Waals surface area contributed by atoms with Crippen LogP contribution in [0.4, 0.5) is 13.2 Å². The molecule has 1 aromatic carbocycles. The van der Waals surface area contributed by atoms with E-state index in [1.807, 2.05) is 0 Å². The molecule has 0 fully saturated rings. The lowest BCUT2D eigenvalue weighted by Gasteiger charge is -2.17. The third-order valence-electron chi connectivity index (χ3n) is 2.81. The van der Waals surface area contributed by atoms with Crippen LogP contribution in [0.2, 0.25) is 0 Å². The summed E-state index contributed by atoms with van der Waals surface area (Å²) < 4.78 is 39.2. The van der Waals surface area contributed by atoms with Crippen molar-refractivity contribution in [3.63, 3.8) is 0 Å². The molecule has 0 radical (unpaired) electrons. The molecule has 3 nitrogen and oxygen atoms in total. The van der Waals surface area contributed by atoms with Gasteiger partial charge >= 0.3 is 0 Å². The molecule has 0 bridgehead atoms. The van der Waals surface area contributed by atoms with Gasteiger partial charge in [0, 0.05) is 13.6 Å². The van der Waals surface area contributed by atoms with Gasteiger partial charge in [0.15, 0.2) is 17.5 Å². The molecule has 0 heterocycles. The molecule has 0 saturated carbocycles. The largest absolute Gasteiger partial charge is 0.342 e. The predicted molar refractivity (Wildman–Crippen MR) is 66.2 cm³/mol. The smallest absolute Gasteiger partial charge is 0.256 e. The van der Waals surface area contributed by atoms with Crippen molar-refractivity contribution in [2.75, 3.05) is 20.1 Å². The van der Waals surface area contributed by atoms with Crippen LogP contribution in [0.15, 0.2) is 12.1 Å². The van der Waals surface area contributed by atoms with Crippen LogP contribution < -0.4 is 5.73 Å². The average Bonchev–Trinajstić information content (AvgIpc) is 2.40. The number of amides is 1. The van der Waals surface area contributed by atoms with Gasteiger partial charge in [-0.15, -0.1) is 0 Å². The zero-order valence-electron chi connectivity index (χ0n) is 10.8. The van der Waals surface area contributed by atoms with E-state index in [0.29, 0.717) is 13.1 Å². The highest BCUT2D eigenvalue weighted by Gasteiger charge is 2.21. The monoisotopic (exact) mass is 274 g/mol. The first-order valence-corrected chi connectivity index (χ1v) is 6.08. The van der Waals surface area contributed by atoms with Crippen LogP contribution in [-0.2, 0) is 0 Å². The highest BCUT2D eigenvalue weighted by atomic mass is 19.2. The molecule has 0 unspecified atom stereocenters. The molecule has 0 saturated heterocycles. The minimum atomic E-state index is -1.62. The maximum Gasteiger partial charge on any atom is 0.256 e. The highest BCUT2D eigenvalue weighted by Crippen LogP contribution is 2.16. The average molecular weight is 274 g/mol. The zero-order chi connectivity index (χ0) is 14.4. The number of nitrogens with zero attached hydrogens (tertiary/aromatic N) is 1. The first kappa shape index (κ1) is 15.5. The third-order valence-corrected chi connectivity index (χ3v) is 2.81. The van der Waals surface area contributed by atoms with Gasteiger partial charge in [0.25, 0.3) is 5.91 Å². The molecule has 19 heavy (non-hydrogen) atoms. The zero-order valence-corrected chi connectivity index (χ0v) is 10.8. The Kier molecular flexibility index (Phi) is 5.82. The fourth-order valence-electron chi connectivity index (χ4n) is 1.67. The maximum atomic E-state index is 13.4. The summed E-state index contributed by atoms with van der Waals surface area (Å²) in [7, 11) is 1.49. The van der Waals surface area contributed by atoms with Crippen molar-refractivity contribution in [1.29, 1.82) is 0 Å². The SMILES string of the molecule is CN(CCCCCN)C(=O)c1ccc(F)c(F)c1F. The van der Waals surface area contributed by atoms with Gasteiger partial charge in [-0.2, -0.15) is 0 Å². The lowest BCUT2D eigenvalue weighted by molar-refractivity contribution is 0.0786. The Morgan fingerprint density at radius 2 is 1.84 bits per heavy atom. The van der Waals surface area contributed by atoms with E-state index < -0.39 is 28.9 Å². The topological polar surface area (TPSA) is 46.3 Å². The Labute approximate surface area is 110 Å². The Balaban J connectivity index is 2.69. The van der Waals surface area contributed by atoms with E-state index in [1.54, 1.807) is 0 Å². The summed E-state index contributed by atoms with van der Waals surface area (Å²) in [5.74, 6) is -5.04. The summed E-state index contributed by atoms with van der Waals surface area (Å²) in [6.07, 6.45) is 2.43. The molecule has 0 atom stereocenters. The van der Waals surface area contributed by atoms with Gasteiger partial charge in [0.1, 0.15) is 0 Å². The third kappa shape index (κ3) is 3.96. The molecular formula is C13H17F3N2O. The van der Waals surface area contributed by atoms with Gasteiger partial charge in [-0.05, 0) is 31.5 Å². The van der Waals surface area contributed by atoms with Crippen LogP contribution in [0.1, 0.15) is 29.6 Å². The number of carbonyl (C=O) groups is 1. The summed E-state index contributed by atoms with van der Waals surface area (Å²) in [6.45, 7) is 0.993. The second-order valence-corrected chi connectivity index (χ2v) is 4.30.